The van der Waals surface area contributed by atoms with Gasteiger partial charge in [-0.05, 0) is 43.4 Å². The largest absolute Gasteiger partial charge is 0.353 e. The van der Waals surface area contributed by atoms with Crippen molar-refractivity contribution in [2.45, 2.75) is 32.1 Å². The summed E-state index contributed by atoms with van der Waals surface area (Å²) in [6.45, 7) is 2.37. The highest BCUT2D eigenvalue weighted by atomic mass is 16.2. The molecule has 1 aromatic heterocycles. The second kappa shape index (κ2) is 10.4. The fourth-order valence-electron chi connectivity index (χ4n) is 3.54. The zero-order valence-electron chi connectivity index (χ0n) is 16.1. The average Bonchev–Trinajstić information content (AvgIpc) is 3.26. The Labute approximate surface area is 166 Å². The molecule has 0 bridgehead atoms. The van der Waals surface area contributed by atoms with E-state index in [-0.39, 0.29) is 11.8 Å². The first kappa shape index (κ1) is 19.9. The maximum absolute atomic E-state index is 12.5. The summed E-state index contributed by atoms with van der Waals surface area (Å²) in [6.07, 6.45) is 11.9. The summed E-state index contributed by atoms with van der Waals surface area (Å²) >= 11 is 0. The first-order chi connectivity index (χ1) is 13.7. The first-order valence-corrected chi connectivity index (χ1v) is 10.0. The number of rotatable bonds is 8. The van der Waals surface area contributed by atoms with Crippen molar-refractivity contribution in [1.29, 1.82) is 0 Å². The number of unbranched alkanes of at least 4 members (excludes halogenated alkanes) is 1. The number of H-pyrrole nitrogens is 1. The highest BCUT2D eigenvalue weighted by Gasteiger charge is 2.23. The van der Waals surface area contributed by atoms with Crippen LogP contribution in [-0.2, 0) is 4.79 Å². The fraction of sp³-hybridized carbons (Fsp3) is 0.409. The zero-order chi connectivity index (χ0) is 19.6. The molecule has 0 unspecified atom stereocenters. The van der Waals surface area contributed by atoms with Crippen LogP contribution in [0.1, 0.15) is 48.2 Å². The van der Waals surface area contributed by atoms with E-state index in [4.69, 9.17) is 0 Å². The van der Waals surface area contributed by atoms with Gasteiger partial charge in [0.15, 0.2) is 0 Å². The Kier molecular flexibility index (Phi) is 7.41. The minimum Gasteiger partial charge on any atom is -0.353 e. The number of hydrogen-bond donors (Lipinski definition) is 2. The monoisotopic (exact) mass is 380 g/mol. The molecule has 0 spiro atoms. The average molecular weight is 380 g/mol. The second-order valence-electron chi connectivity index (χ2n) is 7.23. The minimum atomic E-state index is -0.0812. The number of aromatic nitrogens is 2. The molecule has 2 heterocycles. The summed E-state index contributed by atoms with van der Waals surface area (Å²) < 4.78 is 0. The molecule has 6 heteroatoms. The van der Waals surface area contributed by atoms with Crippen LogP contribution in [0.3, 0.4) is 0 Å². The van der Waals surface area contributed by atoms with Gasteiger partial charge in [0.1, 0.15) is 0 Å². The highest BCUT2D eigenvalue weighted by molar-refractivity contribution is 5.94. The predicted molar refractivity (Wildman–Crippen MR) is 110 cm³/mol. The number of piperidine rings is 1. The lowest BCUT2D eigenvalue weighted by molar-refractivity contribution is -0.116. The summed E-state index contributed by atoms with van der Waals surface area (Å²) in [4.78, 5) is 33.0. The Hall–Kier alpha value is -2.89. The maximum Gasteiger partial charge on any atom is 0.253 e. The second-order valence-corrected chi connectivity index (χ2v) is 7.23. The minimum absolute atomic E-state index is 0.0812. The van der Waals surface area contributed by atoms with Gasteiger partial charge in [0.25, 0.3) is 5.91 Å². The normalized spacial score (nSPS) is 15.1. The number of hydrogen-bond acceptors (Lipinski definition) is 3. The lowest BCUT2D eigenvalue weighted by atomic mass is 9.91. The quantitative estimate of drug-likeness (QED) is 0.545. The SMILES string of the molecule is O=C(/C=C/c1cnc[nH]1)NCCCCC1CCN(C(=O)c2ccccc2)CC1. The van der Waals surface area contributed by atoms with Crippen molar-refractivity contribution in [2.75, 3.05) is 19.6 Å². The van der Waals surface area contributed by atoms with Gasteiger partial charge in [-0.25, -0.2) is 4.98 Å². The molecule has 1 saturated heterocycles. The molecule has 2 N–H and O–H groups in total. The lowest BCUT2D eigenvalue weighted by Gasteiger charge is -2.32. The molecule has 148 valence electrons. The molecule has 28 heavy (non-hydrogen) atoms. The van der Waals surface area contributed by atoms with Gasteiger partial charge >= 0.3 is 0 Å². The van der Waals surface area contributed by atoms with E-state index in [0.717, 1.165) is 56.5 Å². The Morgan fingerprint density at radius 2 is 1.96 bits per heavy atom. The third-order valence-corrected chi connectivity index (χ3v) is 5.19. The summed E-state index contributed by atoms with van der Waals surface area (Å²) in [5.41, 5.74) is 1.59. The van der Waals surface area contributed by atoms with Gasteiger partial charge in [-0.1, -0.05) is 31.0 Å². The van der Waals surface area contributed by atoms with Crippen LogP contribution in [0.5, 0.6) is 0 Å². The molecule has 0 atom stereocenters. The molecule has 0 radical (unpaired) electrons. The van der Waals surface area contributed by atoms with E-state index in [1.807, 2.05) is 35.2 Å². The van der Waals surface area contributed by atoms with E-state index in [9.17, 15) is 9.59 Å². The molecule has 0 saturated carbocycles. The van der Waals surface area contributed by atoms with E-state index < -0.39 is 0 Å². The molecular formula is C22H28N4O2. The van der Waals surface area contributed by atoms with Crippen LogP contribution in [-0.4, -0.2) is 46.3 Å². The smallest absolute Gasteiger partial charge is 0.253 e. The molecular weight excluding hydrogens is 352 g/mol. The Bertz CT molecular complexity index is 763. The van der Waals surface area contributed by atoms with Crippen LogP contribution in [0.4, 0.5) is 0 Å². The van der Waals surface area contributed by atoms with E-state index in [2.05, 4.69) is 15.3 Å². The van der Waals surface area contributed by atoms with E-state index in [1.54, 1.807) is 18.6 Å². The number of nitrogens with zero attached hydrogens (tertiary/aromatic N) is 2. The molecule has 0 aliphatic carbocycles. The topological polar surface area (TPSA) is 78.1 Å². The van der Waals surface area contributed by atoms with Crippen molar-refractivity contribution < 1.29 is 9.59 Å². The number of carbonyl (C=O) groups is 2. The standard InChI is InChI=1S/C22H28N4O2/c27-21(10-9-20-16-23-17-25-20)24-13-5-4-6-18-11-14-26(15-12-18)22(28)19-7-2-1-3-8-19/h1-3,7-10,16-18H,4-6,11-15H2,(H,23,25)(H,24,27)/b10-9+. The summed E-state index contributed by atoms with van der Waals surface area (Å²) in [5.74, 6) is 0.739. The van der Waals surface area contributed by atoms with Crippen LogP contribution in [0.2, 0.25) is 0 Å². The van der Waals surface area contributed by atoms with E-state index >= 15 is 0 Å². The highest BCUT2D eigenvalue weighted by Crippen LogP contribution is 2.23. The van der Waals surface area contributed by atoms with Crippen molar-refractivity contribution >= 4 is 17.9 Å². The van der Waals surface area contributed by atoms with Gasteiger partial charge in [0.05, 0.1) is 18.2 Å². The predicted octanol–water partition coefficient (Wildman–Crippen LogP) is 3.26. The number of imidazole rings is 1. The summed E-state index contributed by atoms with van der Waals surface area (Å²) in [6, 6.07) is 9.51. The van der Waals surface area contributed by atoms with Crippen molar-refractivity contribution in [2.24, 2.45) is 5.92 Å². The van der Waals surface area contributed by atoms with Gasteiger partial charge in [-0.3, -0.25) is 9.59 Å². The van der Waals surface area contributed by atoms with Gasteiger partial charge in [-0.15, -0.1) is 0 Å². The molecule has 2 aromatic rings. The van der Waals surface area contributed by atoms with Crippen LogP contribution >= 0.6 is 0 Å². The number of benzene rings is 1. The molecule has 1 aromatic carbocycles. The van der Waals surface area contributed by atoms with Crippen LogP contribution < -0.4 is 5.32 Å². The summed E-state index contributed by atoms with van der Waals surface area (Å²) in [5, 5.41) is 2.91. The molecule has 1 fully saturated rings. The molecule has 3 rings (SSSR count). The molecule has 1 aliphatic rings. The van der Waals surface area contributed by atoms with E-state index in [0.29, 0.717) is 12.5 Å². The van der Waals surface area contributed by atoms with E-state index in [1.165, 1.54) is 6.08 Å². The first-order valence-electron chi connectivity index (χ1n) is 10.0. The third kappa shape index (κ3) is 6.08. The number of nitrogens with one attached hydrogen (secondary N) is 2. The van der Waals surface area contributed by atoms with Crippen LogP contribution in [0.25, 0.3) is 6.08 Å². The molecule has 1 aliphatic heterocycles. The van der Waals surface area contributed by atoms with Gasteiger partial charge < -0.3 is 15.2 Å². The number of amides is 2. The lowest BCUT2D eigenvalue weighted by Crippen LogP contribution is -2.38. The molecule has 2 amide bonds. The molecule has 6 nitrogen and oxygen atoms in total. The zero-order valence-corrected chi connectivity index (χ0v) is 16.1. The maximum atomic E-state index is 12.5. The Balaban J connectivity index is 1.26. The number of carbonyl (C=O) groups excluding carboxylic acids is 2. The number of aromatic amines is 1. The van der Waals surface area contributed by atoms with Crippen molar-refractivity contribution in [3.8, 4) is 0 Å². The Morgan fingerprint density at radius 3 is 2.68 bits per heavy atom. The van der Waals surface area contributed by atoms with Gasteiger partial charge in [0, 0.05) is 31.3 Å². The van der Waals surface area contributed by atoms with Crippen molar-refractivity contribution in [1.82, 2.24) is 20.2 Å². The van der Waals surface area contributed by atoms with Crippen LogP contribution in [0, 0.1) is 5.92 Å². The van der Waals surface area contributed by atoms with Gasteiger partial charge in [-0.2, -0.15) is 0 Å². The summed E-state index contributed by atoms with van der Waals surface area (Å²) in [7, 11) is 0. The van der Waals surface area contributed by atoms with Crippen LogP contribution in [0.15, 0.2) is 48.9 Å². The third-order valence-electron chi connectivity index (χ3n) is 5.19. The van der Waals surface area contributed by atoms with Crippen molar-refractivity contribution in [3.63, 3.8) is 0 Å². The Morgan fingerprint density at radius 1 is 1.18 bits per heavy atom. The van der Waals surface area contributed by atoms with Gasteiger partial charge in [0.2, 0.25) is 5.91 Å². The fourth-order valence-corrected chi connectivity index (χ4v) is 3.54. The van der Waals surface area contributed by atoms with Crippen molar-refractivity contribution in [3.05, 3.63) is 60.2 Å². The number of likely N-dealkylation sites (tertiary alicyclic amines) is 1.